The second-order valence-electron chi connectivity index (χ2n) is 3.44. The molecule has 0 aliphatic heterocycles. The van der Waals surface area contributed by atoms with Crippen LogP contribution in [-0.2, 0) is 13.0 Å². The third-order valence-electron chi connectivity index (χ3n) is 2.26. The number of nitrogens with zero attached hydrogens (tertiary/aromatic N) is 3. The Morgan fingerprint density at radius 2 is 2.29 bits per heavy atom. The van der Waals surface area contributed by atoms with Gasteiger partial charge >= 0.3 is 0 Å². The van der Waals surface area contributed by atoms with Gasteiger partial charge in [-0.1, -0.05) is 13.8 Å². The van der Waals surface area contributed by atoms with Crippen molar-refractivity contribution in [3.05, 3.63) is 12.2 Å². The average Bonchev–Trinajstić information content (AvgIpc) is 2.62. The molecule has 1 unspecified atom stereocenters. The van der Waals surface area contributed by atoms with Crippen molar-refractivity contribution in [2.75, 3.05) is 0 Å². The van der Waals surface area contributed by atoms with Gasteiger partial charge in [-0.3, -0.25) is 4.68 Å². The van der Waals surface area contributed by atoms with E-state index >= 15 is 0 Å². The normalized spacial score (nSPS) is 13.1. The lowest BCUT2D eigenvalue weighted by Crippen LogP contribution is -2.08. The van der Waals surface area contributed by atoms with E-state index in [1.807, 2.05) is 4.68 Å². The van der Waals surface area contributed by atoms with Crippen LogP contribution in [0.4, 0.5) is 0 Å². The molecule has 0 saturated heterocycles. The molecule has 0 aliphatic carbocycles. The fraction of sp³-hybridized carbons (Fsp3) is 0.800. The van der Waals surface area contributed by atoms with Gasteiger partial charge in [0.1, 0.15) is 12.2 Å². The predicted molar refractivity (Wildman–Crippen MR) is 58.6 cm³/mol. The first-order chi connectivity index (χ1) is 6.77. The average molecular weight is 216 g/mol. The lowest BCUT2D eigenvalue weighted by Gasteiger charge is -2.06. The molecule has 0 amide bonds. The molecule has 14 heavy (non-hydrogen) atoms. The summed E-state index contributed by atoms with van der Waals surface area (Å²) in [6.45, 7) is 5.20. The van der Waals surface area contributed by atoms with Crippen LogP contribution in [0.3, 0.4) is 0 Å². The molecule has 3 nitrogen and oxygen atoms in total. The molecule has 0 aromatic carbocycles. The third kappa shape index (κ3) is 3.29. The van der Waals surface area contributed by atoms with Crippen LogP contribution in [0.15, 0.2) is 6.33 Å². The molecule has 0 bridgehead atoms. The van der Waals surface area contributed by atoms with Gasteiger partial charge in [0.25, 0.3) is 0 Å². The SMILES string of the molecule is CCCn1ncnc1CCC(Cl)CC. The van der Waals surface area contributed by atoms with E-state index in [0.29, 0.717) is 0 Å². The highest BCUT2D eigenvalue weighted by Gasteiger charge is 2.06. The number of halogens is 1. The molecule has 1 aromatic rings. The van der Waals surface area contributed by atoms with Crippen LogP contribution in [0.5, 0.6) is 0 Å². The van der Waals surface area contributed by atoms with E-state index in [4.69, 9.17) is 11.6 Å². The van der Waals surface area contributed by atoms with Crippen molar-refractivity contribution >= 4 is 11.6 Å². The minimum Gasteiger partial charge on any atom is -0.250 e. The molecule has 0 radical (unpaired) electrons. The highest BCUT2D eigenvalue weighted by Crippen LogP contribution is 2.10. The Hall–Kier alpha value is -0.570. The predicted octanol–water partition coefficient (Wildman–Crippen LogP) is 2.64. The van der Waals surface area contributed by atoms with Gasteiger partial charge in [-0.15, -0.1) is 11.6 Å². The van der Waals surface area contributed by atoms with Crippen molar-refractivity contribution in [2.45, 2.75) is 51.5 Å². The Labute approximate surface area is 90.5 Å². The maximum absolute atomic E-state index is 6.05. The van der Waals surface area contributed by atoms with Gasteiger partial charge in [-0.2, -0.15) is 5.10 Å². The van der Waals surface area contributed by atoms with Crippen molar-refractivity contribution in [1.29, 1.82) is 0 Å². The monoisotopic (exact) mass is 215 g/mol. The van der Waals surface area contributed by atoms with Gasteiger partial charge < -0.3 is 0 Å². The van der Waals surface area contributed by atoms with Gasteiger partial charge in [0.05, 0.1) is 0 Å². The van der Waals surface area contributed by atoms with E-state index in [1.165, 1.54) is 0 Å². The molecule has 0 spiro atoms. The van der Waals surface area contributed by atoms with Gasteiger partial charge in [0.15, 0.2) is 0 Å². The summed E-state index contributed by atoms with van der Waals surface area (Å²) in [4.78, 5) is 4.23. The van der Waals surface area contributed by atoms with E-state index in [1.54, 1.807) is 6.33 Å². The zero-order valence-corrected chi connectivity index (χ0v) is 9.67. The number of aryl methyl sites for hydroxylation is 2. The first-order valence-electron chi connectivity index (χ1n) is 5.28. The van der Waals surface area contributed by atoms with Gasteiger partial charge in [-0.05, 0) is 19.3 Å². The fourth-order valence-corrected chi connectivity index (χ4v) is 1.48. The number of hydrogen-bond acceptors (Lipinski definition) is 2. The molecule has 0 N–H and O–H groups in total. The van der Waals surface area contributed by atoms with Crippen molar-refractivity contribution in [2.24, 2.45) is 0 Å². The van der Waals surface area contributed by atoms with E-state index in [2.05, 4.69) is 23.9 Å². The highest BCUT2D eigenvalue weighted by atomic mass is 35.5. The second kappa shape index (κ2) is 6.02. The first kappa shape index (κ1) is 11.5. The number of aromatic nitrogens is 3. The first-order valence-corrected chi connectivity index (χ1v) is 5.72. The van der Waals surface area contributed by atoms with Crippen LogP contribution >= 0.6 is 11.6 Å². The Morgan fingerprint density at radius 1 is 1.50 bits per heavy atom. The van der Waals surface area contributed by atoms with Crippen molar-refractivity contribution < 1.29 is 0 Å². The summed E-state index contributed by atoms with van der Waals surface area (Å²) in [7, 11) is 0. The molecule has 0 fully saturated rings. The molecule has 0 saturated carbocycles. The van der Waals surface area contributed by atoms with E-state index in [0.717, 1.165) is 38.1 Å². The zero-order chi connectivity index (χ0) is 10.4. The maximum Gasteiger partial charge on any atom is 0.138 e. The van der Waals surface area contributed by atoms with Crippen molar-refractivity contribution in [3.63, 3.8) is 0 Å². The van der Waals surface area contributed by atoms with Crippen LogP contribution < -0.4 is 0 Å². The highest BCUT2D eigenvalue weighted by molar-refractivity contribution is 6.20. The summed E-state index contributed by atoms with van der Waals surface area (Å²) in [5.74, 6) is 1.06. The van der Waals surface area contributed by atoms with Gasteiger partial charge in [0, 0.05) is 18.3 Å². The lowest BCUT2D eigenvalue weighted by molar-refractivity contribution is 0.556. The summed E-state index contributed by atoms with van der Waals surface area (Å²) in [6.07, 6.45) is 5.65. The molecule has 4 heteroatoms. The van der Waals surface area contributed by atoms with Gasteiger partial charge in [0.2, 0.25) is 0 Å². The molecule has 1 atom stereocenters. The molecule has 1 rings (SSSR count). The van der Waals surface area contributed by atoms with Gasteiger partial charge in [-0.25, -0.2) is 4.98 Å². The van der Waals surface area contributed by atoms with Crippen LogP contribution in [0, 0.1) is 0 Å². The Morgan fingerprint density at radius 3 is 2.93 bits per heavy atom. The minimum atomic E-state index is 0.266. The summed E-state index contributed by atoms with van der Waals surface area (Å²) >= 11 is 6.05. The van der Waals surface area contributed by atoms with Crippen molar-refractivity contribution in [1.82, 2.24) is 14.8 Å². The second-order valence-corrected chi connectivity index (χ2v) is 4.06. The molecule has 0 aliphatic rings. The van der Waals surface area contributed by atoms with Crippen LogP contribution in [0.2, 0.25) is 0 Å². The summed E-state index contributed by atoms with van der Waals surface area (Å²) in [6, 6.07) is 0. The molecule has 1 heterocycles. The number of alkyl halides is 1. The van der Waals surface area contributed by atoms with E-state index in [9.17, 15) is 0 Å². The maximum atomic E-state index is 6.05. The summed E-state index contributed by atoms with van der Waals surface area (Å²) < 4.78 is 1.97. The van der Waals surface area contributed by atoms with Crippen LogP contribution in [0.1, 0.15) is 38.9 Å². The topological polar surface area (TPSA) is 30.7 Å². The van der Waals surface area contributed by atoms with Crippen molar-refractivity contribution in [3.8, 4) is 0 Å². The molecular weight excluding hydrogens is 198 g/mol. The standard InChI is InChI=1S/C10H18ClN3/c1-3-7-14-10(12-8-13-14)6-5-9(11)4-2/h8-9H,3-7H2,1-2H3. The Bertz CT molecular complexity index is 260. The number of hydrogen-bond donors (Lipinski definition) is 0. The van der Waals surface area contributed by atoms with E-state index in [-0.39, 0.29) is 5.38 Å². The largest absolute Gasteiger partial charge is 0.250 e. The Balaban J connectivity index is 2.45. The molecular formula is C10H18ClN3. The van der Waals surface area contributed by atoms with E-state index < -0.39 is 0 Å². The van der Waals surface area contributed by atoms with Crippen LogP contribution in [-0.4, -0.2) is 20.1 Å². The third-order valence-corrected chi connectivity index (χ3v) is 2.78. The number of rotatable bonds is 6. The summed E-state index contributed by atoms with van der Waals surface area (Å²) in [5, 5.41) is 4.44. The molecule has 80 valence electrons. The lowest BCUT2D eigenvalue weighted by atomic mass is 10.2. The minimum absolute atomic E-state index is 0.266. The zero-order valence-electron chi connectivity index (χ0n) is 8.91. The smallest absolute Gasteiger partial charge is 0.138 e. The fourth-order valence-electron chi connectivity index (χ4n) is 1.37. The Kier molecular flexibility index (Phi) is 4.94. The molecule has 1 aromatic heterocycles. The quantitative estimate of drug-likeness (QED) is 0.684. The van der Waals surface area contributed by atoms with Crippen LogP contribution in [0.25, 0.3) is 0 Å². The summed E-state index contributed by atoms with van der Waals surface area (Å²) in [5.41, 5.74) is 0.